The Balaban J connectivity index is 1.98. The lowest BCUT2D eigenvalue weighted by atomic mass is 9.92. The van der Waals surface area contributed by atoms with Gasteiger partial charge in [-0.1, -0.05) is 6.92 Å². The molecule has 1 aromatic carbocycles. The van der Waals surface area contributed by atoms with Crippen molar-refractivity contribution in [3.63, 3.8) is 0 Å². The Morgan fingerprint density at radius 2 is 1.91 bits per heavy atom. The number of rotatable bonds is 6. The van der Waals surface area contributed by atoms with E-state index in [2.05, 4.69) is 6.92 Å². The van der Waals surface area contributed by atoms with Crippen molar-refractivity contribution in [2.75, 3.05) is 27.3 Å². The lowest BCUT2D eigenvalue weighted by molar-refractivity contribution is -0.135. The monoisotopic (exact) mass is 320 g/mol. The van der Waals surface area contributed by atoms with Crippen LogP contribution in [0.1, 0.15) is 31.7 Å². The summed E-state index contributed by atoms with van der Waals surface area (Å²) in [6, 6.07) is 5.93. The summed E-state index contributed by atoms with van der Waals surface area (Å²) in [5.41, 5.74) is 6.90. The van der Waals surface area contributed by atoms with E-state index in [0.29, 0.717) is 25.3 Å². The van der Waals surface area contributed by atoms with Crippen LogP contribution in [0.3, 0.4) is 0 Å². The van der Waals surface area contributed by atoms with E-state index in [4.69, 9.17) is 15.2 Å². The van der Waals surface area contributed by atoms with Crippen molar-refractivity contribution in [2.24, 2.45) is 11.7 Å². The maximum Gasteiger partial charge on any atom is 0.223 e. The minimum atomic E-state index is 0.186. The first kappa shape index (κ1) is 17.6. The molecular formula is C18H28N2O3. The topological polar surface area (TPSA) is 64.8 Å². The van der Waals surface area contributed by atoms with Crippen molar-refractivity contribution in [2.45, 2.75) is 38.6 Å². The predicted molar refractivity (Wildman–Crippen MR) is 90.8 cm³/mol. The quantitative estimate of drug-likeness (QED) is 0.873. The first-order valence-corrected chi connectivity index (χ1v) is 8.28. The van der Waals surface area contributed by atoms with E-state index in [1.807, 2.05) is 23.1 Å². The number of methoxy groups -OCH3 is 2. The van der Waals surface area contributed by atoms with Gasteiger partial charge >= 0.3 is 0 Å². The summed E-state index contributed by atoms with van der Waals surface area (Å²) in [6.07, 6.45) is 3.24. The number of piperidine rings is 1. The van der Waals surface area contributed by atoms with Gasteiger partial charge in [0.2, 0.25) is 5.91 Å². The van der Waals surface area contributed by atoms with Crippen molar-refractivity contribution in [1.29, 1.82) is 0 Å². The third-order valence-electron chi connectivity index (χ3n) is 4.61. The van der Waals surface area contributed by atoms with Gasteiger partial charge in [-0.2, -0.15) is 0 Å². The molecule has 5 heteroatoms. The average Bonchev–Trinajstić information content (AvgIpc) is 2.58. The standard InChI is InChI=1S/C18H28N2O3/c1-13-6-7-20(15(8-13)12-19)18(21)5-4-14-9-16(22-2)11-17(10-14)23-3/h9-11,13,15H,4-8,12,19H2,1-3H3. The molecule has 1 amide bonds. The molecule has 1 saturated heterocycles. The van der Waals surface area contributed by atoms with Crippen molar-refractivity contribution in [3.05, 3.63) is 23.8 Å². The summed E-state index contributed by atoms with van der Waals surface area (Å²) in [6.45, 7) is 3.60. The van der Waals surface area contributed by atoms with Crippen LogP contribution in [-0.2, 0) is 11.2 Å². The number of hydrogen-bond acceptors (Lipinski definition) is 4. The highest BCUT2D eigenvalue weighted by Crippen LogP contribution is 2.25. The molecule has 0 bridgehead atoms. The number of nitrogens with zero attached hydrogens (tertiary/aromatic N) is 1. The Bertz CT molecular complexity index is 511. The van der Waals surface area contributed by atoms with Gasteiger partial charge in [0.15, 0.2) is 0 Å². The van der Waals surface area contributed by atoms with Gasteiger partial charge in [0.1, 0.15) is 11.5 Å². The van der Waals surface area contributed by atoms with Crippen LogP contribution in [0.4, 0.5) is 0 Å². The van der Waals surface area contributed by atoms with E-state index in [9.17, 15) is 4.79 Å². The molecule has 1 aliphatic heterocycles. The summed E-state index contributed by atoms with van der Waals surface area (Å²) in [4.78, 5) is 14.5. The molecule has 1 fully saturated rings. The van der Waals surface area contributed by atoms with E-state index >= 15 is 0 Å². The zero-order valence-electron chi connectivity index (χ0n) is 14.4. The zero-order chi connectivity index (χ0) is 16.8. The largest absolute Gasteiger partial charge is 0.497 e. The highest BCUT2D eigenvalue weighted by Gasteiger charge is 2.28. The summed E-state index contributed by atoms with van der Waals surface area (Å²) in [5.74, 6) is 2.33. The van der Waals surface area contributed by atoms with Crippen LogP contribution in [0.25, 0.3) is 0 Å². The molecule has 1 heterocycles. The van der Waals surface area contributed by atoms with Crippen LogP contribution in [-0.4, -0.2) is 44.2 Å². The summed E-state index contributed by atoms with van der Waals surface area (Å²) < 4.78 is 10.5. The third kappa shape index (κ3) is 4.61. The third-order valence-corrected chi connectivity index (χ3v) is 4.61. The second kappa shape index (κ2) is 8.20. The van der Waals surface area contributed by atoms with Crippen LogP contribution < -0.4 is 15.2 Å². The van der Waals surface area contributed by atoms with E-state index in [1.54, 1.807) is 14.2 Å². The lowest BCUT2D eigenvalue weighted by Crippen LogP contribution is -2.49. The summed E-state index contributed by atoms with van der Waals surface area (Å²) >= 11 is 0. The Morgan fingerprint density at radius 3 is 2.48 bits per heavy atom. The number of nitrogens with two attached hydrogens (primary N) is 1. The molecule has 0 aromatic heterocycles. The predicted octanol–water partition coefficient (Wildman–Crippen LogP) is 2.22. The number of ether oxygens (including phenoxy) is 2. The normalized spacial score (nSPS) is 21.1. The molecular weight excluding hydrogens is 292 g/mol. The molecule has 5 nitrogen and oxygen atoms in total. The van der Waals surface area contributed by atoms with E-state index < -0.39 is 0 Å². The van der Waals surface area contributed by atoms with Crippen LogP contribution >= 0.6 is 0 Å². The van der Waals surface area contributed by atoms with Gasteiger partial charge in [0.05, 0.1) is 14.2 Å². The van der Waals surface area contributed by atoms with Gasteiger partial charge in [0.25, 0.3) is 0 Å². The molecule has 2 atom stereocenters. The van der Waals surface area contributed by atoms with Crippen LogP contribution in [0.2, 0.25) is 0 Å². The fraction of sp³-hybridized carbons (Fsp3) is 0.611. The van der Waals surface area contributed by atoms with Crippen molar-refractivity contribution in [3.8, 4) is 11.5 Å². The van der Waals surface area contributed by atoms with E-state index in [0.717, 1.165) is 36.4 Å². The molecule has 0 radical (unpaired) electrons. The van der Waals surface area contributed by atoms with E-state index in [-0.39, 0.29) is 11.9 Å². The van der Waals surface area contributed by atoms with Crippen molar-refractivity contribution in [1.82, 2.24) is 4.90 Å². The van der Waals surface area contributed by atoms with Gasteiger partial charge < -0.3 is 20.1 Å². The summed E-state index contributed by atoms with van der Waals surface area (Å²) in [7, 11) is 3.26. The molecule has 2 unspecified atom stereocenters. The van der Waals surface area contributed by atoms with Gasteiger partial charge in [0, 0.05) is 31.6 Å². The number of likely N-dealkylation sites (tertiary alicyclic amines) is 1. The summed E-state index contributed by atoms with van der Waals surface area (Å²) in [5, 5.41) is 0. The molecule has 2 rings (SSSR count). The fourth-order valence-corrected chi connectivity index (χ4v) is 3.21. The smallest absolute Gasteiger partial charge is 0.223 e. The van der Waals surface area contributed by atoms with Crippen LogP contribution in [0.5, 0.6) is 11.5 Å². The maximum atomic E-state index is 12.6. The number of carbonyl (C=O) groups is 1. The van der Waals surface area contributed by atoms with Crippen LogP contribution in [0, 0.1) is 5.92 Å². The number of benzene rings is 1. The fourth-order valence-electron chi connectivity index (χ4n) is 3.21. The average molecular weight is 320 g/mol. The lowest BCUT2D eigenvalue weighted by Gasteiger charge is -2.38. The van der Waals surface area contributed by atoms with Gasteiger partial charge in [-0.15, -0.1) is 0 Å². The van der Waals surface area contributed by atoms with Crippen molar-refractivity contribution < 1.29 is 14.3 Å². The molecule has 0 spiro atoms. The molecule has 1 aliphatic rings. The Labute approximate surface area is 138 Å². The SMILES string of the molecule is COc1cc(CCC(=O)N2CCC(C)CC2CN)cc(OC)c1. The maximum absolute atomic E-state index is 12.6. The molecule has 1 aromatic rings. The van der Waals surface area contributed by atoms with Gasteiger partial charge in [-0.3, -0.25) is 4.79 Å². The molecule has 0 aliphatic carbocycles. The number of hydrogen-bond donors (Lipinski definition) is 1. The first-order chi connectivity index (χ1) is 11.1. The van der Waals surface area contributed by atoms with Gasteiger partial charge in [-0.25, -0.2) is 0 Å². The zero-order valence-corrected chi connectivity index (χ0v) is 14.4. The van der Waals surface area contributed by atoms with Crippen molar-refractivity contribution >= 4 is 5.91 Å². The number of amides is 1. The second-order valence-electron chi connectivity index (χ2n) is 6.33. The second-order valence-corrected chi connectivity index (χ2v) is 6.33. The van der Waals surface area contributed by atoms with E-state index in [1.165, 1.54) is 0 Å². The minimum Gasteiger partial charge on any atom is -0.497 e. The molecule has 23 heavy (non-hydrogen) atoms. The number of aryl methyl sites for hydroxylation is 1. The molecule has 2 N–H and O–H groups in total. The van der Waals surface area contributed by atoms with Gasteiger partial charge in [-0.05, 0) is 42.9 Å². The minimum absolute atomic E-state index is 0.186. The first-order valence-electron chi connectivity index (χ1n) is 8.28. The Kier molecular flexibility index (Phi) is 6.28. The highest BCUT2D eigenvalue weighted by atomic mass is 16.5. The molecule has 128 valence electrons. The molecule has 0 saturated carbocycles. The van der Waals surface area contributed by atoms with Crippen LogP contribution in [0.15, 0.2) is 18.2 Å². The Hall–Kier alpha value is -1.75. The number of carbonyl (C=O) groups excluding carboxylic acids is 1. The highest BCUT2D eigenvalue weighted by molar-refractivity contribution is 5.77. The Morgan fingerprint density at radius 1 is 1.26 bits per heavy atom.